The van der Waals surface area contributed by atoms with Crippen LogP contribution in [0.5, 0.6) is 11.5 Å². The first-order valence-electron chi connectivity index (χ1n) is 8.01. The molecule has 2 aromatic carbocycles. The number of rotatable bonds is 5. The number of nitrogens with one attached hydrogen (secondary N) is 1. The van der Waals surface area contributed by atoms with E-state index in [0.29, 0.717) is 24.5 Å². The predicted molar refractivity (Wildman–Crippen MR) is 98.5 cm³/mol. The number of ether oxygens (including phenoxy) is 2. The average molecular weight is 376 g/mol. The first-order chi connectivity index (χ1) is 12.4. The quantitative estimate of drug-likeness (QED) is 0.866. The summed E-state index contributed by atoms with van der Waals surface area (Å²) in [5.41, 5.74) is 1.88. The molecule has 7 nitrogen and oxygen atoms in total. The number of benzene rings is 2. The van der Waals surface area contributed by atoms with Gasteiger partial charge in [0.1, 0.15) is 11.5 Å². The molecule has 0 spiro atoms. The van der Waals surface area contributed by atoms with Gasteiger partial charge in [-0.25, -0.2) is 8.42 Å². The Balaban J connectivity index is 1.94. The molecule has 2 aromatic rings. The molecule has 0 atom stereocenters. The summed E-state index contributed by atoms with van der Waals surface area (Å²) in [5.74, 6) is 0.839. The largest absolute Gasteiger partial charge is 0.497 e. The van der Waals surface area contributed by atoms with Crippen LogP contribution in [-0.4, -0.2) is 35.1 Å². The fraction of sp³-hybridized carbons (Fsp3) is 0.278. The number of hydrogen-bond acceptors (Lipinski definition) is 5. The summed E-state index contributed by atoms with van der Waals surface area (Å²) in [6.07, 6.45) is 0.626. The van der Waals surface area contributed by atoms with Crippen LogP contribution in [0.4, 0.5) is 11.4 Å². The smallest absolute Gasteiger partial charge is 0.262 e. The van der Waals surface area contributed by atoms with E-state index in [9.17, 15) is 13.2 Å². The molecule has 0 unspecified atom stereocenters. The highest BCUT2D eigenvalue weighted by Crippen LogP contribution is 2.33. The number of methoxy groups -OCH3 is 2. The Hall–Kier alpha value is -2.74. The second-order valence-corrected chi connectivity index (χ2v) is 7.57. The molecular formula is C18H20N2O5S. The summed E-state index contributed by atoms with van der Waals surface area (Å²) in [5, 5.41) is 0. The standard InChI is InChI=1S/C18H20N2O5S/c1-12(21)20-9-8-13-10-15(5-6-17(13)20)26(22,23)19-16-11-14(24-2)4-7-18(16)25-3/h4-7,10-11,19H,8-9H2,1-3H3. The van der Waals surface area contributed by atoms with Crippen LogP contribution in [0.2, 0.25) is 0 Å². The number of carbonyl (C=O) groups is 1. The molecule has 1 aliphatic rings. The Morgan fingerprint density at radius 1 is 1.12 bits per heavy atom. The monoisotopic (exact) mass is 376 g/mol. The van der Waals surface area contributed by atoms with E-state index in [2.05, 4.69) is 4.72 Å². The van der Waals surface area contributed by atoms with E-state index < -0.39 is 10.0 Å². The Bertz CT molecular complexity index is 956. The lowest BCUT2D eigenvalue weighted by Gasteiger charge is -2.16. The summed E-state index contributed by atoms with van der Waals surface area (Å²) < 4.78 is 38.5. The van der Waals surface area contributed by atoms with Gasteiger partial charge < -0.3 is 14.4 Å². The zero-order valence-electron chi connectivity index (χ0n) is 14.8. The van der Waals surface area contributed by atoms with E-state index >= 15 is 0 Å². The minimum Gasteiger partial charge on any atom is -0.497 e. The van der Waals surface area contributed by atoms with Gasteiger partial charge in [0, 0.05) is 25.2 Å². The molecule has 3 rings (SSSR count). The van der Waals surface area contributed by atoms with Crippen molar-refractivity contribution in [3.05, 3.63) is 42.0 Å². The second-order valence-electron chi connectivity index (χ2n) is 5.88. The predicted octanol–water partition coefficient (Wildman–Crippen LogP) is 2.41. The molecule has 0 radical (unpaired) electrons. The number of hydrogen-bond donors (Lipinski definition) is 1. The summed E-state index contributed by atoms with van der Waals surface area (Å²) in [7, 11) is -0.854. The fourth-order valence-electron chi connectivity index (χ4n) is 2.97. The molecule has 1 aliphatic heterocycles. The van der Waals surface area contributed by atoms with E-state index in [0.717, 1.165) is 11.3 Å². The molecule has 26 heavy (non-hydrogen) atoms. The normalized spacial score (nSPS) is 13.3. The van der Waals surface area contributed by atoms with Crippen molar-refractivity contribution in [2.75, 3.05) is 30.4 Å². The van der Waals surface area contributed by atoms with Gasteiger partial charge in [0.15, 0.2) is 0 Å². The van der Waals surface area contributed by atoms with Crippen LogP contribution in [0.15, 0.2) is 41.3 Å². The van der Waals surface area contributed by atoms with E-state index in [-0.39, 0.29) is 16.5 Å². The number of nitrogens with zero attached hydrogens (tertiary/aromatic N) is 1. The van der Waals surface area contributed by atoms with Crippen molar-refractivity contribution in [1.82, 2.24) is 0 Å². The van der Waals surface area contributed by atoms with Gasteiger partial charge in [-0.15, -0.1) is 0 Å². The van der Waals surface area contributed by atoms with Gasteiger partial charge in [0.05, 0.1) is 24.8 Å². The number of fused-ring (bicyclic) bond motifs is 1. The molecule has 1 amide bonds. The summed E-state index contributed by atoms with van der Waals surface area (Å²) in [4.78, 5) is 13.4. The molecule has 138 valence electrons. The van der Waals surface area contributed by atoms with Gasteiger partial charge >= 0.3 is 0 Å². The zero-order valence-corrected chi connectivity index (χ0v) is 15.6. The third kappa shape index (κ3) is 3.32. The topological polar surface area (TPSA) is 84.9 Å². The molecule has 1 N–H and O–H groups in total. The Kier molecular flexibility index (Phi) is 4.78. The fourth-order valence-corrected chi connectivity index (χ4v) is 4.08. The highest BCUT2D eigenvalue weighted by molar-refractivity contribution is 7.92. The molecule has 0 bridgehead atoms. The van der Waals surface area contributed by atoms with Crippen molar-refractivity contribution >= 4 is 27.3 Å². The SMILES string of the molecule is COc1ccc(OC)c(NS(=O)(=O)c2ccc3c(c2)CCN3C(C)=O)c1. The highest BCUT2D eigenvalue weighted by Gasteiger charge is 2.25. The van der Waals surface area contributed by atoms with Gasteiger partial charge in [0.2, 0.25) is 5.91 Å². The zero-order chi connectivity index (χ0) is 18.9. The van der Waals surface area contributed by atoms with Crippen molar-refractivity contribution < 1.29 is 22.7 Å². The van der Waals surface area contributed by atoms with Crippen LogP contribution in [0.1, 0.15) is 12.5 Å². The summed E-state index contributed by atoms with van der Waals surface area (Å²) in [6, 6.07) is 9.64. The molecular weight excluding hydrogens is 356 g/mol. The molecule has 0 saturated carbocycles. The van der Waals surface area contributed by atoms with Crippen LogP contribution in [0, 0.1) is 0 Å². The van der Waals surface area contributed by atoms with Crippen LogP contribution in [-0.2, 0) is 21.2 Å². The average Bonchev–Trinajstić information content (AvgIpc) is 3.04. The van der Waals surface area contributed by atoms with Crippen LogP contribution >= 0.6 is 0 Å². The van der Waals surface area contributed by atoms with Gasteiger partial charge in [-0.1, -0.05) is 0 Å². The molecule has 0 saturated heterocycles. The van der Waals surface area contributed by atoms with E-state index in [1.807, 2.05) is 0 Å². The van der Waals surface area contributed by atoms with Gasteiger partial charge in [-0.05, 0) is 42.3 Å². The number of amides is 1. The summed E-state index contributed by atoms with van der Waals surface area (Å²) >= 11 is 0. The number of sulfonamides is 1. The van der Waals surface area contributed by atoms with Crippen molar-refractivity contribution in [3.8, 4) is 11.5 Å². The minimum atomic E-state index is -3.82. The van der Waals surface area contributed by atoms with Crippen LogP contribution < -0.4 is 19.1 Å². The van der Waals surface area contributed by atoms with E-state index in [4.69, 9.17) is 9.47 Å². The summed E-state index contributed by atoms with van der Waals surface area (Å²) in [6.45, 7) is 2.06. The lowest BCUT2D eigenvalue weighted by atomic mass is 10.2. The minimum absolute atomic E-state index is 0.0569. The molecule has 0 fully saturated rings. The second kappa shape index (κ2) is 6.87. The lowest BCUT2D eigenvalue weighted by molar-refractivity contribution is -0.116. The Morgan fingerprint density at radius 3 is 2.54 bits per heavy atom. The first kappa shape index (κ1) is 18.1. The lowest BCUT2D eigenvalue weighted by Crippen LogP contribution is -2.25. The van der Waals surface area contributed by atoms with Crippen molar-refractivity contribution in [3.63, 3.8) is 0 Å². The van der Waals surface area contributed by atoms with Crippen molar-refractivity contribution in [2.45, 2.75) is 18.2 Å². The van der Waals surface area contributed by atoms with Gasteiger partial charge in [-0.3, -0.25) is 9.52 Å². The molecule has 0 aliphatic carbocycles. The first-order valence-corrected chi connectivity index (χ1v) is 9.50. The maximum absolute atomic E-state index is 12.8. The van der Waals surface area contributed by atoms with E-state index in [1.165, 1.54) is 27.2 Å². The highest BCUT2D eigenvalue weighted by atomic mass is 32.2. The maximum Gasteiger partial charge on any atom is 0.262 e. The molecule has 1 heterocycles. The third-order valence-corrected chi connectivity index (χ3v) is 5.65. The van der Waals surface area contributed by atoms with Crippen molar-refractivity contribution in [2.24, 2.45) is 0 Å². The van der Waals surface area contributed by atoms with E-state index in [1.54, 1.807) is 35.2 Å². The number of carbonyl (C=O) groups excluding carboxylic acids is 1. The van der Waals surface area contributed by atoms with Crippen molar-refractivity contribution in [1.29, 1.82) is 0 Å². The van der Waals surface area contributed by atoms with Gasteiger partial charge in [0.25, 0.3) is 10.0 Å². The third-order valence-electron chi connectivity index (χ3n) is 4.29. The number of anilines is 2. The maximum atomic E-state index is 12.8. The molecule has 8 heteroatoms. The Labute approximate surface area is 152 Å². The molecule has 0 aromatic heterocycles. The van der Waals surface area contributed by atoms with Gasteiger partial charge in [-0.2, -0.15) is 0 Å². The van der Waals surface area contributed by atoms with Crippen LogP contribution in [0.25, 0.3) is 0 Å². The van der Waals surface area contributed by atoms with Crippen LogP contribution in [0.3, 0.4) is 0 Å². The Morgan fingerprint density at radius 2 is 1.88 bits per heavy atom.